The molecule has 3 nitrogen and oxygen atoms in total. The van der Waals surface area contributed by atoms with Gasteiger partial charge in [-0.15, -0.1) is 0 Å². The van der Waals surface area contributed by atoms with E-state index >= 15 is 0 Å². The lowest BCUT2D eigenvalue weighted by Gasteiger charge is -2.28. The van der Waals surface area contributed by atoms with Crippen molar-refractivity contribution in [3.8, 4) is 0 Å². The van der Waals surface area contributed by atoms with E-state index < -0.39 is 0 Å². The third-order valence-corrected chi connectivity index (χ3v) is 3.92. The molecule has 1 aliphatic rings. The van der Waals surface area contributed by atoms with Gasteiger partial charge in [-0.1, -0.05) is 37.1 Å². The summed E-state index contributed by atoms with van der Waals surface area (Å²) in [6.45, 7) is 0.604. The van der Waals surface area contributed by atoms with E-state index in [1.165, 1.54) is 12.8 Å². The number of fused-ring (bicyclic) bond motifs is 1. The molecule has 19 heavy (non-hydrogen) atoms. The summed E-state index contributed by atoms with van der Waals surface area (Å²) in [4.78, 5) is 4.45. The largest absolute Gasteiger partial charge is 0.372 e. The Hall–Kier alpha value is -1.45. The number of hydrogen-bond acceptors (Lipinski definition) is 3. The van der Waals surface area contributed by atoms with E-state index in [9.17, 15) is 0 Å². The van der Waals surface area contributed by atoms with Crippen molar-refractivity contribution in [2.75, 3.05) is 0 Å². The van der Waals surface area contributed by atoms with Gasteiger partial charge in [-0.3, -0.25) is 4.98 Å². The van der Waals surface area contributed by atoms with Crippen molar-refractivity contribution < 1.29 is 4.74 Å². The van der Waals surface area contributed by atoms with Gasteiger partial charge in [0.2, 0.25) is 0 Å². The average molecular weight is 256 g/mol. The Morgan fingerprint density at radius 1 is 1.16 bits per heavy atom. The minimum Gasteiger partial charge on any atom is -0.372 e. The fraction of sp³-hybridized carbons (Fsp3) is 0.438. The van der Waals surface area contributed by atoms with Gasteiger partial charge in [-0.25, -0.2) is 0 Å². The van der Waals surface area contributed by atoms with Crippen LogP contribution in [0.1, 0.15) is 31.2 Å². The first-order valence-electron chi connectivity index (χ1n) is 7.04. The predicted octanol–water partition coefficient (Wildman–Crippen LogP) is 3.02. The Morgan fingerprint density at radius 3 is 2.89 bits per heavy atom. The van der Waals surface area contributed by atoms with E-state index in [-0.39, 0.29) is 12.1 Å². The highest BCUT2D eigenvalue weighted by Crippen LogP contribution is 2.22. The second-order valence-corrected chi connectivity index (χ2v) is 5.29. The van der Waals surface area contributed by atoms with Crippen LogP contribution in [0, 0.1) is 0 Å². The van der Waals surface area contributed by atoms with Gasteiger partial charge in [0.25, 0.3) is 0 Å². The maximum Gasteiger partial charge on any atom is 0.0757 e. The molecule has 2 aromatic rings. The highest BCUT2D eigenvalue weighted by molar-refractivity contribution is 5.81. The van der Waals surface area contributed by atoms with Crippen LogP contribution in [0.4, 0.5) is 0 Å². The zero-order valence-corrected chi connectivity index (χ0v) is 11.1. The molecule has 2 N–H and O–H groups in total. The van der Waals surface area contributed by atoms with Crippen molar-refractivity contribution in [1.82, 2.24) is 4.98 Å². The summed E-state index contributed by atoms with van der Waals surface area (Å²) in [5, 5.41) is 1.16. The molecule has 0 spiro atoms. The topological polar surface area (TPSA) is 48.1 Å². The van der Waals surface area contributed by atoms with Gasteiger partial charge in [0.1, 0.15) is 0 Å². The van der Waals surface area contributed by atoms with Crippen molar-refractivity contribution in [1.29, 1.82) is 0 Å². The van der Waals surface area contributed by atoms with Crippen LogP contribution in [-0.2, 0) is 11.3 Å². The van der Waals surface area contributed by atoms with Gasteiger partial charge in [0.05, 0.1) is 18.2 Å². The Kier molecular flexibility index (Phi) is 3.76. The van der Waals surface area contributed by atoms with Crippen LogP contribution in [-0.4, -0.2) is 17.1 Å². The molecule has 3 heteroatoms. The third-order valence-electron chi connectivity index (χ3n) is 3.92. The molecule has 0 aliphatic heterocycles. The van der Waals surface area contributed by atoms with Gasteiger partial charge in [0.15, 0.2) is 0 Å². The Morgan fingerprint density at radius 2 is 2.00 bits per heavy atom. The van der Waals surface area contributed by atoms with Crippen LogP contribution in [0.5, 0.6) is 0 Å². The molecule has 100 valence electrons. The highest BCUT2D eigenvalue weighted by atomic mass is 16.5. The number of pyridine rings is 1. The van der Waals surface area contributed by atoms with E-state index in [1.807, 2.05) is 12.3 Å². The van der Waals surface area contributed by atoms with Gasteiger partial charge in [-0.2, -0.15) is 0 Å². The van der Waals surface area contributed by atoms with E-state index in [4.69, 9.17) is 10.5 Å². The average Bonchev–Trinajstić information content (AvgIpc) is 2.46. The maximum absolute atomic E-state index is 6.12. The maximum atomic E-state index is 6.12. The number of para-hydroxylation sites is 1. The Bertz CT molecular complexity index is 550. The highest BCUT2D eigenvalue weighted by Gasteiger charge is 2.22. The van der Waals surface area contributed by atoms with E-state index in [2.05, 4.69) is 29.2 Å². The zero-order chi connectivity index (χ0) is 13.1. The van der Waals surface area contributed by atoms with Crippen molar-refractivity contribution in [2.24, 2.45) is 5.73 Å². The molecule has 0 amide bonds. The summed E-state index contributed by atoms with van der Waals surface area (Å²) in [6, 6.07) is 10.5. The van der Waals surface area contributed by atoms with E-state index in [1.54, 1.807) is 0 Å². The van der Waals surface area contributed by atoms with Gasteiger partial charge >= 0.3 is 0 Å². The lowest BCUT2D eigenvalue weighted by atomic mass is 9.93. The molecule has 1 heterocycles. The number of aromatic nitrogens is 1. The summed E-state index contributed by atoms with van der Waals surface area (Å²) in [6.07, 6.45) is 6.66. The molecule has 0 saturated heterocycles. The Labute approximate surface area is 113 Å². The van der Waals surface area contributed by atoms with Gasteiger partial charge < -0.3 is 10.5 Å². The number of hydrogen-bond donors (Lipinski definition) is 1. The lowest BCUT2D eigenvalue weighted by Crippen LogP contribution is -2.39. The van der Waals surface area contributed by atoms with Crippen molar-refractivity contribution in [3.05, 3.63) is 42.1 Å². The zero-order valence-electron chi connectivity index (χ0n) is 11.1. The molecule has 2 unspecified atom stereocenters. The van der Waals surface area contributed by atoms with Crippen molar-refractivity contribution >= 4 is 10.9 Å². The van der Waals surface area contributed by atoms with Crippen LogP contribution in [0.15, 0.2) is 36.5 Å². The molecule has 0 bridgehead atoms. The second-order valence-electron chi connectivity index (χ2n) is 5.29. The normalized spacial score (nSPS) is 23.6. The minimum atomic E-state index is 0.191. The van der Waals surface area contributed by atoms with Gasteiger partial charge in [-0.05, 0) is 18.9 Å². The molecule has 1 aromatic heterocycles. The van der Waals surface area contributed by atoms with Crippen molar-refractivity contribution in [3.63, 3.8) is 0 Å². The molecule has 1 aliphatic carbocycles. The van der Waals surface area contributed by atoms with E-state index in [0.29, 0.717) is 6.61 Å². The smallest absolute Gasteiger partial charge is 0.0757 e. The SMILES string of the molecule is NC1CCCCC1OCc1cccc2cccnc12. The number of nitrogens with zero attached hydrogens (tertiary/aromatic N) is 1. The predicted molar refractivity (Wildman–Crippen MR) is 76.8 cm³/mol. The molecule has 1 saturated carbocycles. The number of rotatable bonds is 3. The Balaban J connectivity index is 1.74. The molecular weight excluding hydrogens is 236 g/mol. The standard InChI is InChI=1S/C16H20N2O/c17-14-8-1-2-9-15(14)19-11-13-6-3-5-12-7-4-10-18-16(12)13/h3-7,10,14-15H,1-2,8-9,11,17H2. The van der Waals surface area contributed by atoms with Crippen molar-refractivity contribution in [2.45, 2.75) is 44.4 Å². The summed E-state index contributed by atoms with van der Waals surface area (Å²) in [5.41, 5.74) is 8.30. The number of ether oxygens (including phenoxy) is 1. The first-order chi connectivity index (χ1) is 9.34. The summed E-state index contributed by atoms with van der Waals surface area (Å²) in [7, 11) is 0. The fourth-order valence-corrected chi connectivity index (χ4v) is 2.81. The van der Waals surface area contributed by atoms with Crippen LogP contribution in [0.3, 0.4) is 0 Å². The quantitative estimate of drug-likeness (QED) is 0.918. The third kappa shape index (κ3) is 2.77. The molecular formula is C16H20N2O. The van der Waals surface area contributed by atoms with Gasteiger partial charge in [0, 0.05) is 23.2 Å². The summed E-state index contributed by atoms with van der Waals surface area (Å²) in [5.74, 6) is 0. The number of benzene rings is 1. The fourth-order valence-electron chi connectivity index (χ4n) is 2.81. The van der Waals surface area contributed by atoms with Crippen LogP contribution >= 0.6 is 0 Å². The monoisotopic (exact) mass is 256 g/mol. The van der Waals surface area contributed by atoms with Crippen LogP contribution in [0.2, 0.25) is 0 Å². The van der Waals surface area contributed by atoms with Crippen LogP contribution < -0.4 is 5.73 Å². The lowest BCUT2D eigenvalue weighted by molar-refractivity contribution is 0.00449. The van der Waals surface area contributed by atoms with E-state index in [0.717, 1.165) is 29.3 Å². The molecule has 1 fully saturated rings. The molecule has 0 radical (unpaired) electrons. The second kappa shape index (κ2) is 5.68. The summed E-state index contributed by atoms with van der Waals surface area (Å²) >= 11 is 0. The minimum absolute atomic E-state index is 0.191. The first kappa shape index (κ1) is 12.6. The molecule has 3 rings (SSSR count). The van der Waals surface area contributed by atoms with Crippen LogP contribution in [0.25, 0.3) is 10.9 Å². The summed E-state index contributed by atoms with van der Waals surface area (Å²) < 4.78 is 6.02. The molecule has 1 aromatic carbocycles. The first-order valence-corrected chi connectivity index (χ1v) is 7.04. The molecule has 2 atom stereocenters. The number of nitrogens with two attached hydrogens (primary N) is 1.